The molecule has 2 aliphatic carbocycles. The first-order chi connectivity index (χ1) is 15.0. The molecule has 0 aromatic rings. The minimum Gasteiger partial charge on any atom is -0.504 e. The number of aliphatic hydroxyl groups is 1. The molecule has 0 spiro atoms. The number of aliphatic hydroxyl groups excluding tert-OH is 1. The van der Waals surface area contributed by atoms with E-state index in [0.717, 1.165) is 32.4 Å². The van der Waals surface area contributed by atoms with Crippen molar-refractivity contribution >= 4 is 5.91 Å². The molecular weight excluding hydrogens is 404 g/mol. The lowest BCUT2D eigenvalue weighted by Crippen LogP contribution is -2.46. The molecule has 32 heavy (non-hydrogen) atoms. The van der Waals surface area contributed by atoms with Crippen molar-refractivity contribution in [3.8, 4) is 0 Å². The molecule has 1 aliphatic heterocycles. The van der Waals surface area contributed by atoms with E-state index in [9.17, 15) is 9.90 Å². The number of carbonyl (C=O) groups is 1. The number of carbonyl (C=O) groups excluding carboxylic acids is 1. The van der Waals surface area contributed by atoms with Crippen LogP contribution in [0.15, 0.2) is 47.0 Å². The summed E-state index contributed by atoms with van der Waals surface area (Å²) in [5, 5.41) is 13.0. The van der Waals surface area contributed by atoms with E-state index in [-0.39, 0.29) is 22.6 Å². The summed E-state index contributed by atoms with van der Waals surface area (Å²) in [5.41, 5.74) is 1.97. The van der Waals surface area contributed by atoms with Crippen LogP contribution in [-0.2, 0) is 14.3 Å². The Labute approximate surface area is 193 Å². The molecule has 0 bridgehead atoms. The molecule has 0 radical (unpaired) electrons. The smallest absolute Gasteiger partial charge is 0.230 e. The van der Waals surface area contributed by atoms with Gasteiger partial charge in [0.1, 0.15) is 5.76 Å². The first-order valence-electron chi connectivity index (χ1n) is 11.6. The van der Waals surface area contributed by atoms with Gasteiger partial charge in [-0.05, 0) is 62.7 Å². The van der Waals surface area contributed by atoms with Crippen LogP contribution in [0.2, 0.25) is 0 Å². The van der Waals surface area contributed by atoms with Crippen molar-refractivity contribution in [2.75, 3.05) is 40.5 Å². The molecule has 3 aliphatic rings. The van der Waals surface area contributed by atoms with Crippen LogP contribution in [0.5, 0.6) is 0 Å². The molecule has 178 valence electrons. The van der Waals surface area contributed by atoms with Crippen LogP contribution in [0.4, 0.5) is 0 Å². The second-order valence-electron chi connectivity index (χ2n) is 10.5. The molecule has 0 saturated heterocycles. The van der Waals surface area contributed by atoms with Gasteiger partial charge in [-0.3, -0.25) is 9.69 Å². The average molecular weight is 445 g/mol. The van der Waals surface area contributed by atoms with Gasteiger partial charge < -0.3 is 19.9 Å². The summed E-state index contributed by atoms with van der Waals surface area (Å²) in [6, 6.07) is 0. The SMILES string of the molecule is COCCNC(=O)C1(C)CC=CC2=C1CN(C(C)(C)CCC1(C)C=CC(O)=C(OC)C1)C2. The molecule has 2 atom stereocenters. The van der Waals surface area contributed by atoms with Gasteiger partial charge in [0.2, 0.25) is 5.91 Å². The van der Waals surface area contributed by atoms with E-state index >= 15 is 0 Å². The average Bonchev–Trinajstić information content (AvgIpc) is 3.22. The Kier molecular flexibility index (Phi) is 7.25. The zero-order chi connectivity index (χ0) is 23.6. The third kappa shape index (κ3) is 4.96. The van der Waals surface area contributed by atoms with Crippen molar-refractivity contribution in [2.24, 2.45) is 10.8 Å². The number of ether oxygens (including phenoxy) is 2. The van der Waals surface area contributed by atoms with Gasteiger partial charge in [0.05, 0.1) is 19.1 Å². The second kappa shape index (κ2) is 9.44. The summed E-state index contributed by atoms with van der Waals surface area (Å²) in [5.74, 6) is 0.978. The highest BCUT2D eigenvalue weighted by molar-refractivity contribution is 5.87. The van der Waals surface area contributed by atoms with Crippen LogP contribution < -0.4 is 5.32 Å². The number of rotatable bonds is 9. The maximum absolute atomic E-state index is 13.1. The van der Waals surface area contributed by atoms with Crippen LogP contribution in [0, 0.1) is 10.8 Å². The van der Waals surface area contributed by atoms with Crippen molar-refractivity contribution in [2.45, 2.75) is 58.9 Å². The summed E-state index contributed by atoms with van der Waals surface area (Å²) < 4.78 is 10.5. The summed E-state index contributed by atoms with van der Waals surface area (Å²) in [4.78, 5) is 15.6. The zero-order valence-electron chi connectivity index (χ0n) is 20.6. The highest BCUT2D eigenvalue weighted by Gasteiger charge is 2.45. The Morgan fingerprint density at radius 1 is 1.25 bits per heavy atom. The first kappa shape index (κ1) is 24.6. The van der Waals surface area contributed by atoms with Gasteiger partial charge in [-0.15, -0.1) is 0 Å². The topological polar surface area (TPSA) is 71.0 Å². The van der Waals surface area contributed by atoms with Gasteiger partial charge in [0, 0.05) is 38.7 Å². The van der Waals surface area contributed by atoms with Crippen LogP contribution >= 0.6 is 0 Å². The van der Waals surface area contributed by atoms with Crippen LogP contribution in [0.25, 0.3) is 0 Å². The number of allylic oxidation sites excluding steroid dienone is 4. The number of hydrogen-bond donors (Lipinski definition) is 2. The van der Waals surface area contributed by atoms with E-state index in [2.05, 4.69) is 56.1 Å². The van der Waals surface area contributed by atoms with Gasteiger partial charge in [-0.25, -0.2) is 0 Å². The Morgan fingerprint density at radius 2 is 2.00 bits per heavy atom. The fraction of sp³-hybridized carbons (Fsp3) is 0.654. The first-order valence-corrected chi connectivity index (χ1v) is 11.6. The number of hydrogen-bond acceptors (Lipinski definition) is 5. The molecule has 1 heterocycles. The normalized spacial score (nSPS) is 28.3. The van der Waals surface area contributed by atoms with Gasteiger partial charge in [0.25, 0.3) is 0 Å². The van der Waals surface area contributed by atoms with E-state index in [0.29, 0.717) is 25.3 Å². The van der Waals surface area contributed by atoms with E-state index in [4.69, 9.17) is 9.47 Å². The minimum atomic E-state index is -0.504. The van der Waals surface area contributed by atoms with Gasteiger partial charge in [0.15, 0.2) is 5.76 Å². The largest absolute Gasteiger partial charge is 0.504 e. The van der Waals surface area contributed by atoms with Crippen molar-refractivity contribution < 1.29 is 19.4 Å². The molecule has 0 aromatic heterocycles. The predicted molar refractivity (Wildman–Crippen MR) is 127 cm³/mol. The number of nitrogens with one attached hydrogen (secondary N) is 1. The standard InChI is InChI=1S/C26H40N2O4/c1-24(2,12-13-25(3)11-9-21(29)22(16-25)32-6)28-17-19-8-7-10-26(4,20(19)18-28)23(30)27-14-15-31-5/h7-9,11,29H,10,12-18H2,1-6H3,(H,27,30). The molecule has 2 N–H and O–H groups in total. The highest BCUT2D eigenvalue weighted by Crippen LogP contribution is 2.45. The van der Waals surface area contributed by atoms with Crippen LogP contribution in [0.3, 0.4) is 0 Å². The fourth-order valence-electron chi connectivity index (χ4n) is 5.00. The zero-order valence-corrected chi connectivity index (χ0v) is 20.6. The Balaban J connectivity index is 1.66. The maximum Gasteiger partial charge on any atom is 0.230 e. The van der Waals surface area contributed by atoms with Gasteiger partial charge in [-0.2, -0.15) is 0 Å². The number of amides is 1. The Morgan fingerprint density at radius 3 is 2.69 bits per heavy atom. The molecule has 0 saturated carbocycles. The van der Waals surface area contributed by atoms with Gasteiger partial charge >= 0.3 is 0 Å². The van der Waals surface area contributed by atoms with E-state index in [1.54, 1.807) is 20.3 Å². The quantitative estimate of drug-likeness (QED) is 0.520. The maximum atomic E-state index is 13.1. The van der Waals surface area contributed by atoms with Crippen LogP contribution in [0.1, 0.15) is 53.4 Å². The van der Waals surface area contributed by atoms with E-state index in [1.807, 2.05) is 0 Å². The summed E-state index contributed by atoms with van der Waals surface area (Å²) >= 11 is 0. The molecular formula is C26H40N2O4. The third-order valence-electron chi connectivity index (χ3n) is 7.61. The summed E-state index contributed by atoms with van der Waals surface area (Å²) in [7, 11) is 3.26. The van der Waals surface area contributed by atoms with Crippen LogP contribution in [-0.4, -0.2) is 61.9 Å². The van der Waals surface area contributed by atoms with Gasteiger partial charge in [-0.1, -0.05) is 25.2 Å². The monoisotopic (exact) mass is 444 g/mol. The van der Waals surface area contributed by atoms with Crippen molar-refractivity contribution in [3.05, 3.63) is 47.0 Å². The minimum absolute atomic E-state index is 0.0219. The highest BCUT2D eigenvalue weighted by atomic mass is 16.5. The number of methoxy groups -OCH3 is 2. The molecule has 1 amide bonds. The van der Waals surface area contributed by atoms with Crippen molar-refractivity contribution in [1.82, 2.24) is 10.2 Å². The molecule has 6 nitrogen and oxygen atoms in total. The van der Waals surface area contributed by atoms with E-state index in [1.165, 1.54) is 11.1 Å². The summed E-state index contributed by atoms with van der Waals surface area (Å²) in [6.45, 7) is 11.6. The second-order valence-corrected chi connectivity index (χ2v) is 10.5. The lowest BCUT2D eigenvalue weighted by atomic mass is 9.74. The van der Waals surface area contributed by atoms with Crippen molar-refractivity contribution in [3.63, 3.8) is 0 Å². The van der Waals surface area contributed by atoms with Crippen molar-refractivity contribution in [1.29, 1.82) is 0 Å². The lowest BCUT2D eigenvalue weighted by Gasteiger charge is -2.40. The molecule has 6 heteroatoms. The Bertz CT molecular complexity index is 854. The summed E-state index contributed by atoms with van der Waals surface area (Å²) in [6.07, 6.45) is 11.7. The lowest BCUT2D eigenvalue weighted by molar-refractivity contribution is -0.128. The number of nitrogens with zero attached hydrogens (tertiary/aromatic N) is 1. The molecule has 3 rings (SSSR count). The third-order valence-corrected chi connectivity index (χ3v) is 7.61. The predicted octanol–water partition coefficient (Wildman–Crippen LogP) is 4.27. The fourth-order valence-corrected chi connectivity index (χ4v) is 5.00. The Hall–Kier alpha value is -2.05. The molecule has 2 unspecified atom stereocenters. The van der Waals surface area contributed by atoms with E-state index < -0.39 is 5.41 Å². The molecule has 0 fully saturated rings. The molecule has 0 aromatic carbocycles.